The number of benzene rings is 1. The third-order valence-electron chi connectivity index (χ3n) is 6.11. The van der Waals surface area contributed by atoms with Crippen molar-refractivity contribution in [2.24, 2.45) is 23.7 Å². The molecule has 0 radical (unpaired) electrons. The van der Waals surface area contributed by atoms with Crippen LogP contribution in [0.3, 0.4) is 0 Å². The number of carbonyl (C=O) groups excluding carboxylic acids is 4. The predicted molar refractivity (Wildman–Crippen MR) is 103 cm³/mol. The van der Waals surface area contributed by atoms with Crippen molar-refractivity contribution >= 4 is 45.3 Å². The largest absolute Gasteiger partial charge is 0.454 e. The van der Waals surface area contributed by atoms with E-state index in [2.05, 4.69) is 21.2 Å². The van der Waals surface area contributed by atoms with Gasteiger partial charge in [-0.3, -0.25) is 24.1 Å². The third-order valence-corrected chi connectivity index (χ3v) is 7.00. The van der Waals surface area contributed by atoms with E-state index in [-0.39, 0.29) is 35.5 Å². The highest BCUT2D eigenvalue weighted by atomic mass is 79.9. The van der Waals surface area contributed by atoms with Gasteiger partial charge >= 0.3 is 5.97 Å². The summed E-state index contributed by atoms with van der Waals surface area (Å²) >= 11 is 3.38. The van der Waals surface area contributed by atoms with Crippen LogP contribution >= 0.6 is 15.9 Å². The molecule has 4 rings (SSSR count). The van der Waals surface area contributed by atoms with Gasteiger partial charge in [-0.1, -0.05) is 15.9 Å². The van der Waals surface area contributed by atoms with Gasteiger partial charge in [-0.05, 0) is 61.8 Å². The highest BCUT2D eigenvalue weighted by Gasteiger charge is 2.61. The van der Waals surface area contributed by atoms with Crippen LogP contribution in [-0.2, 0) is 23.9 Å². The second-order valence-electron chi connectivity index (χ2n) is 7.82. The van der Waals surface area contributed by atoms with Crippen molar-refractivity contribution < 1.29 is 23.9 Å². The van der Waals surface area contributed by atoms with Gasteiger partial charge in [0.2, 0.25) is 11.8 Å². The molecule has 1 heterocycles. The van der Waals surface area contributed by atoms with E-state index in [4.69, 9.17) is 4.74 Å². The molecule has 3 aliphatic rings. The summed E-state index contributed by atoms with van der Waals surface area (Å²) in [5.74, 6) is -1.73. The molecule has 3 fully saturated rings. The van der Waals surface area contributed by atoms with Crippen LogP contribution < -0.4 is 5.32 Å². The molecule has 2 saturated carbocycles. The lowest BCUT2D eigenvalue weighted by Crippen LogP contribution is -2.38. The molecule has 4 atom stereocenters. The standard InChI is InChI=1S/C20H21BrN2O5/c1-10-6-13(4-5-14(10)21)22-15(24)9-28-16(25)8-23-19(26)17-11-2-3-12(7-11)18(17)20(23)27/h4-6,11-12,17-18H,2-3,7-9H2,1H3,(H,22,24)/t11-,12-,17-,18-/m0/s1. The van der Waals surface area contributed by atoms with Crippen LogP contribution in [0.15, 0.2) is 22.7 Å². The first-order chi connectivity index (χ1) is 13.3. The van der Waals surface area contributed by atoms with E-state index in [0.717, 1.165) is 34.2 Å². The summed E-state index contributed by atoms with van der Waals surface area (Å²) in [4.78, 5) is 50.3. The fraction of sp³-hybridized carbons (Fsp3) is 0.500. The van der Waals surface area contributed by atoms with Gasteiger partial charge in [0.05, 0.1) is 11.8 Å². The summed E-state index contributed by atoms with van der Waals surface area (Å²) in [6.45, 7) is 1.00. The van der Waals surface area contributed by atoms with E-state index in [1.54, 1.807) is 12.1 Å². The van der Waals surface area contributed by atoms with E-state index in [1.165, 1.54) is 0 Å². The molecule has 1 saturated heterocycles. The zero-order chi connectivity index (χ0) is 20.0. The number of hydrogen-bond donors (Lipinski definition) is 1. The zero-order valence-electron chi connectivity index (χ0n) is 15.4. The molecule has 1 aromatic rings. The lowest BCUT2D eigenvalue weighted by atomic mass is 9.81. The molecule has 1 aromatic carbocycles. The number of rotatable bonds is 5. The highest BCUT2D eigenvalue weighted by Crippen LogP contribution is 2.56. The predicted octanol–water partition coefficient (Wildman–Crippen LogP) is 2.27. The molecule has 1 N–H and O–H groups in total. The van der Waals surface area contributed by atoms with Gasteiger partial charge in [0, 0.05) is 10.2 Å². The Bertz CT molecular complexity index is 842. The molecule has 148 valence electrons. The zero-order valence-corrected chi connectivity index (χ0v) is 17.0. The Hall–Kier alpha value is -2.22. The summed E-state index contributed by atoms with van der Waals surface area (Å²) in [7, 11) is 0. The minimum atomic E-state index is -0.754. The second-order valence-corrected chi connectivity index (χ2v) is 8.67. The first-order valence-corrected chi connectivity index (χ1v) is 10.2. The average molecular weight is 449 g/mol. The average Bonchev–Trinajstić information content (AvgIpc) is 3.33. The van der Waals surface area contributed by atoms with Gasteiger partial charge in [-0.15, -0.1) is 0 Å². The van der Waals surface area contributed by atoms with E-state index >= 15 is 0 Å². The van der Waals surface area contributed by atoms with Gasteiger partial charge in [-0.2, -0.15) is 0 Å². The summed E-state index contributed by atoms with van der Waals surface area (Å²) in [5, 5.41) is 2.64. The lowest BCUT2D eigenvalue weighted by molar-refractivity contribution is -0.154. The summed E-state index contributed by atoms with van der Waals surface area (Å²) < 4.78 is 5.90. The van der Waals surface area contributed by atoms with Gasteiger partial charge in [0.15, 0.2) is 6.61 Å². The van der Waals surface area contributed by atoms with Crippen LogP contribution in [0.25, 0.3) is 0 Å². The molecule has 3 amide bonds. The Labute approximate surface area is 170 Å². The highest BCUT2D eigenvalue weighted by molar-refractivity contribution is 9.10. The maximum Gasteiger partial charge on any atom is 0.326 e. The number of nitrogens with zero attached hydrogens (tertiary/aromatic N) is 1. The molecule has 8 heteroatoms. The van der Waals surface area contributed by atoms with Gasteiger partial charge in [0.25, 0.3) is 5.91 Å². The normalized spacial score (nSPS) is 27.9. The molecule has 0 spiro atoms. The summed E-state index contributed by atoms with van der Waals surface area (Å²) in [5.41, 5.74) is 1.55. The quantitative estimate of drug-likeness (QED) is 0.550. The number of aryl methyl sites for hydroxylation is 1. The van der Waals surface area contributed by atoms with Crippen molar-refractivity contribution in [3.8, 4) is 0 Å². The number of esters is 1. The Kier molecular flexibility index (Phi) is 4.99. The Morgan fingerprint density at radius 1 is 1.18 bits per heavy atom. The number of nitrogens with one attached hydrogen (secondary N) is 1. The fourth-order valence-corrected chi connectivity index (χ4v) is 5.11. The fourth-order valence-electron chi connectivity index (χ4n) is 4.87. The molecule has 0 unspecified atom stereocenters. The minimum Gasteiger partial charge on any atom is -0.454 e. The number of halogens is 1. The van der Waals surface area contributed by atoms with Gasteiger partial charge in [0.1, 0.15) is 6.54 Å². The number of fused-ring (bicyclic) bond motifs is 5. The SMILES string of the molecule is Cc1cc(NC(=O)COC(=O)CN2C(=O)[C@H]3[C@H]4CC[C@@H](C4)[C@@H]3C2=O)ccc1Br. The van der Waals surface area contributed by atoms with Crippen LogP contribution in [0.2, 0.25) is 0 Å². The molecular weight excluding hydrogens is 428 g/mol. The third kappa shape index (κ3) is 3.34. The van der Waals surface area contributed by atoms with Crippen molar-refractivity contribution in [3.05, 3.63) is 28.2 Å². The van der Waals surface area contributed by atoms with E-state index in [0.29, 0.717) is 5.69 Å². The number of amides is 3. The van der Waals surface area contributed by atoms with Crippen LogP contribution in [0.5, 0.6) is 0 Å². The van der Waals surface area contributed by atoms with Crippen molar-refractivity contribution in [1.82, 2.24) is 4.90 Å². The number of ether oxygens (including phenoxy) is 1. The first kappa shape index (κ1) is 19.1. The molecule has 0 aromatic heterocycles. The van der Waals surface area contributed by atoms with Gasteiger partial charge < -0.3 is 10.1 Å². The number of carbonyl (C=O) groups is 4. The molecule has 2 aliphatic carbocycles. The van der Waals surface area contributed by atoms with Crippen molar-refractivity contribution in [2.75, 3.05) is 18.5 Å². The summed E-state index contributed by atoms with van der Waals surface area (Å²) in [6, 6.07) is 5.33. The lowest BCUT2D eigenvalue weighted by Gasteiger charge is -2.19. The monoisotopic (exact) mass is 448 g/mol. The van der Waals surface area contributed by atoms with Gasteiger partial charge in [-0.25, -0.2) is 0 Å². The Balaban J connectivity index is 1.29. The van der Waals surface area contributed by atoms with E-state index in [1.807, 2.05) is 13.0 Å². The molecule has 28 heavy (non-hydrogen) atoms. The van der Waals surface area contributed by atoms with Crippen LogP contribution in [-0.4, -0.2) is 41.7 Å². The maximum absolute atomic E-state index is 12.6. The minimum absolute atomic E-state index is 0.256. The van der Waals surface area contributed by atoms with Crippen LogP contribution in [0, 0.1) is 30.6 Å². The topological polar surface area (TPSA) is 92.8 Å². The molecular formula is C20H21BrN2O5. The molecule has 7 nitrogen and oxygen atoms in total. The number of anilines is 1. The number of likely N-dealkylation sites (tertiary alicyclic amines) is 1. The molecule has 1 aliphatic heterocycles. The summed E-state index contributed by atoms with van der Waals surface area (Å²) in [6.07, 6.45) is 2.92. The Morgan fingerprint density at radius 2 is 1.82 bits per heavy atom. The smallest absolute Gasteiger partial charge is 0.326 e. The maximum atomic E-state index is 12.6. The van der Waals surface area contributed by atoms with Crippen molar-refractivity contribution in [3.63, 3.8) is 0 Å². The van der Waals surface area contributed by atoms with E-state index < -0.39 is 25.0 Å². The molecule has 2 bridgehead atoms. The Morgan fingerprint density at radius 3 is 2.43 bits per heavy atom. The van der Waals surface area contributed by atoms with Crippen LogP contribution in [0.1, 0.15) is 24.8 Å². The van der Waals surface area contributed by atoms with Crippen LogP contribution in [0.4, 0.5) is 5.69 Å². The number of hydrogen-bond acceptors (Lipinski definition) is 5. The number of imide groups is 1. The second kappa shape index (κ2) is 7.31. The van der Waals surface area contributed by atoms with Crippen molar-refractivity contribution in [2.45, 2.75) is 26.2 Å². The van der Waals surface area contributed by atoms with Crippen molar-refractivity contribution in [1.29, 1.82) is 0 Å². The first-order valence-electron chi connectivity index (χ1n) is 9.42. The van der Waals surface area contributed by atoms with E-state index in [9.17, 15) is 19.2 Å².